The van der Waals surface area contributed by atoms with Crippen molar-refractivity contribution in [1.29, 1.82) is 0 Å². The molecule has 35 heavy (non-hydrogen) atoms. The van der Waals surface area contributed by atoms with Crippen molar-refractivity contribution in [2.45, 2.75) is 43.7 Å². The van der Waals surface area contributed by atoms with E-state index in [-0.39, 0.29) is 30.5 Å². The van der Waals surface area contributed by atoms with Gasteiger partial charge in [-0.25, -0.2) is 9.48 Å². The first kappa shape index (κ1) is 21.9. The van der Waals surface area contributed by atoms with Gasteiger partial charge in [0.1, 0.15) is 6.04 Å². The molecule has 0 spiro atoms. The van der Waals surface area contributed by atoms with Crippen LogP contribution in [0.3, 0.4) is 0 Å². The molecule has 0 saturated carbocycles. The maximum atomic E-state index is 13.2. The fraction of sp³-hybridized carbons (Fsp3) is 0.385. The number of pyridine rings is 1. The predicted molar refractivity (Wildman–Crippen MR) is 126 cm³/mol. The Hall–Kier alpha value is -3.56. The van der Waals surface area contributed by atoms with E-state index in [0.717, 1.165) is 36.7 Å². The van der Waals surface area contributed by atoms with Crippen molar-refractivity contribution in [2.24, 2.45) is 4.99 Å². The van der Waals surface area contributed by atoms with Crippen molar-refractivity contribution < 1.29 is 23.9 Å². The van der Waals surface area contributed by atoms with E-state index in [9.17, 15) is 14.7 Å². The minimum absolute atomic E-state index is 0.0165. The molecule has 5 aliphatic heterocycles. The van der Waals surface area contributed by atoms with Crippen LogP contribution in [0.25, 0.3) is 5.70 Å². The number of quaternary nitrogens is 1. The summed E-state index contributed by atoms with van der Waals surface area (Å²) in [5, 5.41) is 16.3. The summed E-state index contributed by atoms with van der Waals surface area (Å²) in [5.41, 5.74) is 2.34. The molecule has 180 valence electrons. The molecule has 4 fully saturated rings. The molecule has 9 nitrogen and oxygen atoms in total. The molecule has 0 radical (unpaired) electrons. The van der Waals surface area contributed by atoms with Crippen LogP contribution in [0, 0.1) is 0 Å². The van der Waals surface area contributed by atoms with E-state index < -0.39 is 16.8 Å². The Kier molecular flexibility index (Phi) is 5.38. The highest BCUT2D eigenvalue weighted by Crippen LogP contribution is 2.44. The van der Waals surface area contributed by atoms with E-state index in [1.807, 2.05) is 18.2 Å². The van der Waals surface area contributed by atoms with Crippen LogP contribution in [0.15, 0.2) is 65.9 Å². The first-order valence-electron chi connectivity index (χ1n) is 12.1. The van der Waals surface area contributed by atoms with E-state index in [1.165, 1.54) is 0 Å². The Morgan fingerprint density at radius 1 is 1.14 bits per heavy atom. The molecule has 2 bridgehead atoms. The highest BCUT2D eigenvalue weighted by molar-refractivity contribution is 5.97. The van der Waals surface area contributed by atoms with Gasteiger partial charge in [-0.05, 0) is 24.6 Å². The van der Waals surface area contributed by atoms with Crippen LogP contribution in [0.2, 0.25) is 0 Å². The quantitative estimate of drug-likeness (QED) is 0.517. The molecule has 1 amide bonds. The van der Waals surface area contributed by atoms with Gasteiger partial charge in [0.05, 0.1) is 24.3 Å². The number of aromatic nitrogens is 1. The van der Waals surface area contributed by atoms with Gasteiger partial charge in [0.15, 0.2) is 12.5 Å². The first-order chi connectivity index (χ1) is 17.0. The Balaban J connectivity index is 1.29. The first-order valence-corrected chi connectivity index (χ1v) is 12.1. The molecule has 2 aromatic rings. The van der Waals surface area contributed by atoms with E-state index in [2.05, 4.69) is 21.3 Å². The summed E-state index contributed by atoms with van der Waals surface area (Å²) < 4.78 is 5.41. The van der Waals surface area contributed by atoms with Crippen LogP contribution in [0.4, 0.5) is 4.79 Å². The molecule has 9 heteroatoms. The average molecular weight is 474 g/mol. The number of ether oxygens (including phenoxy) is 1. The molecule has 7 rings (SSSR count). The number of benzene rings is 1. The summed E-state index contributed by atoms with van der Waals surface area (Å²) in [5.74, 6) is 0.519. The number of fused-ring (bicyclic) bond motifs is 3. The number of carboxylic acid groups (broad SMARTS) is 1. The number of carbonyl (C=O) groups is 2. The van der Waals surface area contributed by atoms with Gasteiger partial charge >= 0.3 is 0 Å². The van der Waals surface area contributed by atoms with Gasteiger partial charge in [-0.2, -0.15) is 0 Å². The third-order valence-electron chi connectivity index (χ3n) is 7.76. The van der Waals surface area contributed by atoms with Crippen LogP contribution >= 0.6 is 0 Å². The lowest BCUT2D eigenvalue weighted by molar-refractivity contribution is -0.963. The second kappa shape index (κ2) is 8.58. The summed E-state index contributed by atoms with van der Waals surface area (Å²) in [6.07, 6.45) is 5.69. The largest absolute Gasteiger partial charge is 0.498 e. The van der Waals surface area contributed by atoms with E-state index >= 15 is 0 Å². The van der Waals surface area contributed by atoms with Crippen molar-refractivity contribution in [3.05, 3.63) is 72.1 Å². The third-order valence-corrected chi connectivity index (χ3v) is 7.76. The zero-order chi connectivity index (χ0) is 24.0. The van der Waals surface area contributed by atoms with Crippen LogP contribution in [0.5, 0.6) is 0 Å². The summed E-state index contributed by atoms with van der Waals surface area (Å²) >= 11 is 0. The highest BCUT2D eigenvalue weighted by atomic mass is 16.6. The fourth-order valence-electron chi connectivity index (χ4n) is 5.89. The van der Waals surface area contributed by atoms with Crippen molar-refractivity contribution in [2.75, 3.05) is 19.6 Å². The molecular weight excluding hydrogens is 446 g/mol. The molecule has 5 atom stereocenters. The van der Waals surface area contributed by atoms with Gasteiger partial charge in [-0.1, -0.05) is 30.3 Å². The number of amides is 1. The Bertz CT molecular complexity index is 1190. The van der Waals surface area contributed by atoms with Gasteiger partial charge in [0.25, 0.3) is 6.09 Å². The van der Waals surface area contributed by atoms with Gasteiger partial charge in [-0.3, -0.25) is 9.78 Å². The molecule has 1 aromatic heterocycles. The number of aliphatic imine (C=N–C) groups is 1. The van der Waals surface area contributed by atoms with E-state index in [4.69, 9.17) is 9.73 Å². The summed E-state index contributed by atoms with van der Waals surface area (Å²) in [6, 6.07) is 12.2. The Morgan fingerprint density at radius 2 is 1.91 bits per heavy atom. The minimum Gasteiger partial charge on any atom is -0.498 e. The van der Waals surface area contributed by atoms with Crippen LogP contribution in [-0.2, 0) is 4.74 Å². The number of nitrogens with one attached hydrogen (secondary N) is 1. The smallest absolute Gasteiger partial charge is 0.260 e. The van der Waals surface area contributed by atoms with E-state index in [0.29, 0.717) is 18.4 Å². The third kappa shape index (κ3) is 3.71. The topological polar surface area (TPSA) is 107 Å². The molecule has 5 unspecified atom stereocenters. The molecule has 5 aliphatic rings. The molecule has 1 N–H and O–H groups in total. The number of rotatable bonds is 5. The minimum atomic E-state index is -1.25. The number of hydrogen-bond acceptors (Lipinski definition) is 8. The maximum absolute atomic E-state index is 13.2. The second-order valence-electron chi connectivity index (χ2n) is 9.64. The molecule has 0 aliphatic carbocycles. The second-order valence-corrected chi connectivity index (χ2v) is 9.64. The number of guanidine groups is 1. The Labute approximate surface area is 203 Å². The van der Waals surface area contributed by atoms with Crippen LogP contribution in [0.1, 0.15) is 35.2 Å². The monoisotopic (exact) mass is 473 g/mol. The Morgan fingerprint density at radius 3 is 2.66 bits per heavy atom. The summed E-state index contributed by atoms with van der Waals surface area (Å²) in [7, 11) is 0. The maximum Gasteiger partial charge on any atom is 0.260 e. The molecule has 1 aromatic carbocycles. The number of nitrogens with zero attached hydrogens (tertiary/aromatic N) is 4. The van der Waals surface area contributed by atoms with Crippen molar-refractivity contribution in [1.82, 2.24) is 15.2 Å². The van der Waals surface area contributed by atoms with Gasteiger partial charge in [-0.15, -0.1) is 0 Å². The number of Topliss-reactive ketones (excluding diaryl/α,β-unsaturated/α-hetero) is 1. The lowest BCUT2D eigenvalue weighted by Crippen LogP contribution is -2.82. The lowest BCUT2D eigenvalue weighted by Gasteiger charge is -2.60. The standard InChI is InChI=1S/C26H27N5O4/c32-23(18-4-2-1-3-5-18)16-31(26(33)34)22(14-19-15-24(31)35-19)21-9-13-30-12-8-20(28-25(30)29-21)17-6-10-27-11-7-17/h1-8,10-11,19,21-22,24H,9,12-16H2,(H-,28,29,33,34). The van der Waals surface area contributed by atoms with Gasteiger partial charge in [0.2, 0.25) is 12.0 Å². The lowest BCUT2D eigenvalue weighted by atomic mass is 9.83. The van der Waals surface area contributed by atoms with Crippen molar-refractivity contribution in [3.63, 3.8) is 0 Å². The van der Waals surface area contributed by atoms with Crippen molar-refractivity contribution >= 4 is 23.5 Å². The number of hydrogen-bond donors (Lipinski definition) is 1. The number of ketones is 1. The number of piperidine rings is 1. The van der Waals surface area contributed by atoms with Gasteiger partial charge < -0.3 is 24.9 Å². The molecular formula is C26H27N5O4. The normalized spacial score (nSPS) is 31.3. The average Bonchev–Trinajstić information content (AvgIpc) is 2.88. The van der Waals surface area contributed by atoms with Gasteiger partial charge in [0, 0.05) is 43.0 Å². The van der Waals surface area contributed by atoms with E-state index in [1.54, 1.807) is 36.7 Å². The highest BCUT2D eigenvalue weighted by Gasteiger charge is 2.62. The molecule has 4 saturated heterocycles. The zero-order valence-electron chi connectivity index (χ0n) is 19.2. The summed E-state index contributed by atoms with van der Waals surface area (Å²) in [4.78, 5) is 37.1. The van der Waals surface area contributed by atoms with Crippen LogP contribution < -0.4 is 10.4 Å². The SMILES string of the molecule is O=C(C[N+]1(C(=O)[O-])C2CC(CC1C1CCN3CC=C(c4ccncc4)N=C3N1)O2)c1ccccc1. The zero-order valence-corrected chi connectivity index (χ0v) is 19.2. The predicted octanol–water partition coefficient (Wildman–Crippen LogP) is 1.39. The fourth-order valence-corrected chi connectivity index (χ4v) is 5.89. The summed E-state index contributed by atoms with van der Waals surface area (Å²) in [6.45, 7) is 1.29. The number of carbonyl (C=O) groups excluding carboxylic acids is 2. The molecule has 6 heterocycles. The van der Waals surface area contributed by atoms with Crippen LogP contribution in [-0.4, -0.2) is 76.3 Å². The van der Waals surface area contributed by atoms with Crippen molar-refractivity contribution in [3.8, 4) is 0 Å².